The number of ether oxygens (including phenoxy) is 1. The van der Waals surface area contributed by atoms with Crippen LogP contribution in [0.4, 0.5) is 0 Å². The van der Waals surface area contributed by atoms with E-state index in [1.54, 1.807) is 7.05 Å². The summed E-state index contributed by atoms with van der Waals surface area (Å²) in [4.78, 5) is 28.3. The van der Waals surface area contributed by atoms with E-state index in [1.807, 2.05) is 34.6 Å². The molecule has 3 N–H and O–H groups in total. The summed E-state index contributed by atoms with van der Waals surface area (Å²) in [5.74, 6) is 0.948. The van der Waals surface area contributed by atoms with Gasteiger partial charge in [0.2, 0.25) is 5.91 Å². The van der Waals surface area contributed by atoms with Crippen molar-refractivity contribution in [1.29, 1.82) is 0 Å². The molecule has 1 saturated carbocycles. The summed E-state index contributed by atoms with van der Waals surface area (Å²) in [7, 11) is 1.78. The molecule has 1 fully saturated rings. The molecule has 7 nitrogen and oxygen atoms in total. The summed E-state index contributed by atoms with van der Waals surface area (Å²) in [5, 5.41) is 9.89. The molecule has 1 amide bonds. The second-order valence-corrected chi connectivity index (χ2v) is 9.62. The van der Waals surface area contributed by atoms with Gasteiger partial charge in [-0.2, -0.15) is 0 Å². The highest BCUT2D eigenvalue weighted by Crippen LogP contribution is 2.24. The Labute approximate surface area is 183 Å². The third-order valence-corrected chi connectivity index (χ3v) is 5.06. The fraction of sp³-hybridized carbons (Fsp3) is 0.870. The normalized spacial score (nSPS) is 20.0. The maximum atomic E-state index is 12.3. The number of amides is 1. The summed E-state index contributed by atoms with van der Waals surface area (Å²) >= 11 is 0. The van der Waals surface area contributed by atoms with E-state index in [0.717, 1.165) is 63.9 Å². The van der Waals surface area contributed by atoms with Crippen molar-refractivity contribution in [3.63, 3.8) is 0 Å². The molecule has 0 spiro atoms. The Kier molecular flexibility index (Phi) is 11.8. The van der Waals surface area contributed by atoms with E-state index in [4.69, 9.17) is 4.74 Å². The Hall–Kier alpha value is -1.79. The predicted octanol–water partition coefficient (Wildman–Crippen LogP) is 3.53. The zero-order valence-electron chi connectivity index (χ0n) is 20.0. The minimum absolute atomic E-state index is 0.0849. The van der Waals surface area contributed by atoms with Crippen molar-refractivity contribution >= 4 is 17.8 Å². The summed E-state index contributed by atoms with van der Waals surface area (Å²) in [5.41, 5.74) is -0.402. The second kappa shape index (κ2) is 13.5. The number of esters is 1. The first kappa shape index (κ1) is 26.2. The number of guanidine groups is 1. The average molecular weight is 425 g/mol. The van der Waals surface area contributed by atoms with Gasteiger partial charge in [-0.3, -0.25) is 14.6 Å². The van der Waals surface area contributed by atoms with Gasteiger partial charge in [-0.15, -0.1) is 0 Å². The Morgan fingerprint density at radius 2 is 1.80 bits per heavy atom. The van der Waals surface area contributed by atoms with E-state index in [-0.39, 0.29) is 29.9 Å². The lowest BCUT2D eigenvalue weighted by Crippen LogP contribution is -2.47. The van der Waals surface area contributed by atoms with Gasteiger partial charge in [-0.1, -0.05) is 19.3 Å². The smallest absolute Gasteiger partial charge is 0.306 e. The van der Waals surface area contributed by atoms with Gasteiger partial charge in [-0.05, 0) is 66.7 Å². The number of hydrogen-bond acceptors (Lipinski definition) is 4. The third kappa shape index (κ3) is 12.0. The van der Waals surface area contributed by atoms with E-state index < -0.39 is 5.60 Å². The van der Waals surface area contributed by atoms with Crippen LogP contribution in [0.15, 0.2) is 4.99 Å². The molecule has 0 aromatic carbocycles. The standard InChI is InChI=1S/C23H44N4O3/c1-17(2)26-21(29)18-12-11-13-19(16-18)27-22(24-6)25-15-10-8-7-9-14-20(28)30-23(3,4)5/h17-19H,7-16H2,1-6H3,(H,26,29)(H2,24,25,27). The van der Waals surface area contributed by atoms with Crippen LogP contribution in [-0.2, 0) is 14.3 Å². The first-order valence-electron chi connectivity index (χ1n) is 11.6. The summed E-state index contributed by atoms with van der Waals surface area (Å²) in [6, 6.07) is 0.464. The summed E-state index contributed by atoms with van der Waals surface area (Å²) < 4.78 is 5.32. The topological polar surface area (TPSA) is 91.8 Å². The minimum atomic E-state index is -0.402. The van der Waals surface area contributed by atoms with Crippen LogP contribution in [0.1, 0.15) is 92.4 Å². The van der Waals surface area contributed by atoms with Crippen LogP contribution in [0, 0.1) is 5.92 Å². The quantitative estimate of drug-likeness (QED) is 0.216. The molecule has 0 saturated heterocycles. The van der Waals surface area contributed by atoms with Crippen molar-refractivity contribution in [3.05, 3.63) is 0 Å². The van der Waals surface area contributed by atoms with Gasteiger partial charge in [0.25, 0.3) is 0 Å². The van der Waals surface area contributed by atoms with E-state index in [9.17, 15) is 9.59 Å². The van der Waals surface area contributed by atoms with Crippen LogP contribution in [0.2, 0.25) is 0 Å². The Morgan fingerprint density at radius 3 is 2.43 bits per heavy atom. The minimum Gasteiger partial charge on any atom is -0.460 e. The number of carbonyl (C=O) groups excluding carboxylic acids is 2. The monoisotopic (exact) mass is 424 g/mol. The van der Waals surface area contributed by atoms with Crippen LogP contribution >= 0.6 is 0 Å². The zero-order chi connectivity index (χ0) is 22.6. The molecule has 0 radical (unpaired) electrons. The van der Waals surface area contributed by atoms with Gasteiger partial charge in [-0.25, -0.2) is 0 Å². The van der Waals surface area contributed by atoms with E-state index in [0.29, 0.717) is 6.42 Å². The van der Waals surface area contributed by atoms with Crippen LogP contribution < -0.4 is 16.0 Å². The zero-order valence-corrected chi connectivity index (χ0v) is 20.0. The lowest BCUT2D eigenvalue weighted by Gasteiger charge is -2.30. The van der Waals surface area contributed by atoms with Crippen molar-refractivity contribution in [2.45, 2.75) is 110 Å². The number of rotatable bonds is 10. The highest BCUT2D eigenvalue weighted by Gasteiger charge is 2.27. The molecule has 0 aromatic rings. The number of unbranched alkanes of at least 4 members (excludes halogenated alkanes) is 3. The Morgan fingerprint density at radius 1 is 1.10 bits per heavy atom. The van der Waals surface area contributed by atoms with Crippen molar-refractivity contribution in [2.75, 3.05) is 13.6 Å². The maximum absolute atomic E-state index is 12.3. The van der Waals surface area contributed by atoms with Gasteiger partial charge in [0, 0.05) is 38.0 Å². The molecule has 2 atom stereocenters. The molecule has 0 aliphatic heterocycles. The van der Waals surface area contributed by atoms with Gasteiger partial charge in [0.05, 0.1) is 0 Å². The van der Waals surface area contributed by atoms with Crippen LogP contribution in [0.5, 0.6) is 0 Å². The molecule has 2 unspecified atom stereocenters. The molecule has 7 heteroatoms. The molecule has 0 bridgehead atoms. The number of aliphatic imine (C=N–C) groups is 1. The number of nitrogens with zero attached hydrogens (tertiary/aromatic N) is 1. The Bertz CT molecular complexity index is 555. The molecular formula is C23H44N4O3. The van der Waals surface area contributed by atoms with Crippen molar-refractivity contribution < 1.29 is 14.3 Å². The largest absolute Gasteiger partial charge is 0.460 e. The summed E-state index contributed by atoms with van der Waals surface area (Å²) in [6.07, 6.45) is 8.40. The average Bonchev–Trinajstić information content (AvgIpc) is 2.64. The summed E-state index contributed by atoms with van der Waals surface area (Å²) in [6.45, 7) is 10.5. The second-order valence-electron chi connectivity index (χ2n) is 9.62. The molecule has 174 valence electrons. The van der Waals surface area contributed by atoms with Gasteiger partial charge < -0.3 is 20.7 Å². The van der Waals surface area contributed by atoms with E-state index in [1.165, 1.54) is 0 Å². The molecule has 1 aliphatic carbocycles. The predicted molar refractivity (Wildman–Crippen MR) is 122 cm³/mol. The lowest BCUT2D eigenvalue weighted by molar-refractivity contribution is -0.154. The number of hydrogen-bond donors (Lipinski definition) is 3. The molecular weight excluding hydrogens is 380 g/mol. The van der Waals surface area contributed by atoms with Crippen LogP contribution in [0.3, 0.4) is 0 Å². The van der Waals surface area contributed by atoms with Gasteiger partial charge in [0.15, 0.2) is 5.96 Å². The molecule has 1 aliphatic rings. The molecule has 30 heavy (non-hydrogen) atoms. The first-order chi connectivity index (χ1) is 14.1. The van der Waals surface area contributed by atoms with Gasteiger partial charge >= 0.3 is 5.97 Å². The molecule has 1 rings (SSSR count). The number of carbonyl (C=O) groups is 2. The van der Waals surface area contributed by atoms with Crippen LogP contribution in [-0.4, -0.2) is 49.1 Å². The first-order valence-corrected chi connectivity index (χ1v) is 11.6. The van der Waals surface area contributed by atoms with Crippen molar-refractivity contribution in [2.24, 2.45) is 10.9 Å². The highest BCUT2D eigenvalue weighted by molar-refractivity contribution is 5.81. The molecule has 0 aromatic heterocycles. The van der Waals surface area contributed by atoms with E-state index in [2.05, 4.69) is 20.9 Å². The SMILES string of the molecule is CN=C(NCCCCCCC(=O)OC(C)(C)C)NC1CCCC(C(=O)NC(C)C)C1. The van der Waals surface area contributed by atoms with Crippen molar-refractivity contribution in [1.82, 2.24) is 16.0 Å². The van der Waals surface area contributed by atoms with Gasteiger partial charge in [0.1, 0.15) is 5.60 Å². The fourth-order valence-electron chi connectivity index (χ4n) is 3.70. The maximum Gasteiger partial charge on any atom is 0.306 e. The van der Waals surface area contributed by atoms with Crippen molar-refractivity contribution in [3.8, 4) is 0 Å². The highest BCUT2D eigenvalue weighted by atomic mass is 16.6. The Balaban J connectivity index is 2.19. The molecule has 0 heterocycles. The number of nitrogens with one attached hydrogen (secondary N) is 3. The van der Waals surface area contributed by atoms with E-state index >= 15 is 0 Å². The van der Waals surface area contributed by atoms with Crippen LogP contribution in [0.25, 0.3) is 0 Å². The fourth-order valence-corrected chi connectivity index (χ4v) is 3.70. The third-order valence-electron chi connectivity index (χ3n) is 5.06. The lowest BCUT2D eigenvalue weighted by atomic mass is 9.85.